The highest BCUT2D eigenvalue weighted by Gasteiger charge is 2.41. The largest absolute Gasteiger partial charge is 0.344 e. The second-order valence-corrected chi connectivity index (χ2v) is 9.33. The number of nitrogens with one attached hydrogen (secondary N) is 1. The van der Waals surface area contributed by atoms with Crippen LogP contribution in [0.3, 0.4) is 0 Å². The Morgan fingerprint density at radius 3 is 2.03 bits per heavy atom. The van der Waals surface area contributed by atoms with Crippen molar-refractivity contribution in [2.75, 3.05) is 6.54 Å². The van der Waals surface area contributed by atoms with E-state index in [-0.39, 0.29) is 6.54 Å². The van der Waals surface area contributed by atoms with Gasteiger partial charge in [-0.2, -0.15) is 4.31 Å². The van der Waals surface area contributed by atoms with Gasteiger partial charge in [-0.05, 0) is 36.1 Å². The molecule has 0 bridgehead atoms. The van der Waals surface area contributed by atoms with Gasteiger partial charge in [0.25, 0.3) is 0 Å². The maximum absolute atomic E-state index is 14.2. The van der Waals surface area contributed by atoms with E-state index in [0.717, 1.165) is 21.5 Å². The molecule has 4 rings (SSSR count). The Kier molecular flexibility index (Phi) is 6.15. The van der Waals surface area contributed by atoms with Gasteiger partial charge < -0.3 is 5.32 Å². The summed E-state index contributed by atoms with van der Waals surface area (Å²) in [7, 11) is -4.13. The van der Waals surface area contributed by atoms with Crippen molar-refractivity contribution in [3.05, 3.63) is 102 Å². The summed E-state index contributed by atoms with van der Waals surface area (Å²) >= 11 is 0. The Balaban J connectivity index is 1.62. The second-order valence-electron chi connectivity index (χ2n) is 7.47. The molecule has 1 saturated heterocycles. The molecule has 3 aromatic carbocycles. The topological polar surface area (TPSA) is 66.5 Å². The Morgan fingerprint density at radius 1 is 0.903 bits per heavy atom. The molecule has 0 aliphatic carbocycles. The molecule has 1 atom stereocenters. The molecule has 1 amide bonds. The van der Waals surface area contributed by atoms with Crippen LogP contribution in [0.5, 0.6) is 0 Å². The van der Waals surface area contributed by atoms with Gasteiger partial charge in [0.05, 0.1) is 6.04 Å². The summed E-state index contributed by atoms with van der Waals surface area (Å²) in [5.41, 5.74) is 1.78. The van der Waals surface area contributed by atoms with Crippen LogP contribution in [0.2, 0.25) is 0 Å². The van der Waals surface area contributed by atoms with Crippen molar-refractivity contribution in [3.8, 4) is 0 Å². The zero-order valence-corrected chi connectivity index (χ0v) is 17.6. The smallest absolute Gasteiger partial charge is 0.246 e. The number of sulfonamides is 1. The van der Waals surface area contributed by atoms with Gasteiger partial charge in [0.2, 0.25) is 15.9 Å². The third-order valence-corrected chi connectivity index (χ3v) is 7.42. The van der Waals surface area contributed by atoms with E-state index in [9.17, 15) is 17.6 Å². The number of hydrogen-bond acceptors (Lipinski definition) is 3. The zero-order chi connectivity index (χ0) is 21.8. The van der Waals surface area contributed by atoms with E-state index in [1.54, 1.807) is 0 Å². The predicted molar refractivity (Wildman–Crippen MR) is 116 cm³/mol. The van der Waals surface area contributed by atoms with Gasteiger partial charge in [-0.15, -0.1) is 0 Å². The SMILES string of the molecule is O=C(NC(c1ccccc1)c1ccccc1)C1CCCN1S(=O)(=O)c1ccccc1F. The molecule has 1 N–H and O–H groups in total. The van der Waals surface area contributed by atoms with Crippen LogP contribution in [-0.4, -0.2) is 31.2 Å². The molecule has 7 heteroatoms. The fraction of sp³-hybridized carbons (Fsp3) is 0.208. The summed E-state index contributed by atoms with van der Waals surface area (Å²) in [5.74, 6) is -1.21. The van der Waals surface area contributed by atoms with Gasteiger partial charge in [-0.25, -0.2) is 12.8 Å². The molecular formula is C24H23FN2O3S. The Bertz CT molecular complexity index is 1110. The Labute approximate surface area is 181 Å². The van der Waals surface area contributed by atoms with Crippen molar-refractivity contribution in [1.29, 1.82) is 0 Å². The van der Waals surface area contributed by atoms with Crippen molar-refractivity contribution in [2.45, 2.75) is 29.8 Å². The molecule has 1 heterocycles. The highest BCUT2D eigenvalue weighted by molar-refractivity contribution is 7.89. The minimum Gasteiger partial charge on any atom is -0.344 e. The first-order valence-corrected chi connectivity index (χ1v) is 11.6. The van der Waals surface area contributed by atoms with E-state index in [4.69, 9.17) is 0 Å². The van der Waals surface area contributed by atoms with Gasteiger partial charge in [0, 0.05) is 6.54 Å². The van der Waals surface area contributed by atoms with Gasteiger partial charge in [0.15, 0.2) is 0 Å². The third kappa shape index (κ3) is 4.38. The lowest BCUT2D eigenvalue weighted by molar-refractivity contribution is -0.124. The van der Waals surface area contributed by atoms with Gasteiger partial charge in [-0.1, -0.05) is 72.8 Å². The number of carbonyl (C=O) groups is 1. The number of rotatable bonds is 6. The molecule has 1 unspecified atom stereocenters. The van der Waals surface area contributed by atoms with Crippen LogP contribution in [0.1, 0.15) is 30.0 Å². The summed E-state index contributed by atoms with van der Waals surface area (Å²) in [5, 5.41) is 3.02. The number of carbonyl (C=O) groups excluding carboxylic acids is 1. The fourth-order valence-electron chi connectivity index (χ4n) is 3.96. The molecule has 1 fully saturated rings. The summed E-state index contributed by atoms with van der Waals surface area (Å²) in [6.45, 7) is 0.177. The molecule has 0 aromatic heterocycles. The van der Waals surface area contributed by atoms with Crippen LogP contribution in [0.25, 0.3) is 0 Å². The molecule has 3 aromatic rings. The van der Waals surface area contributed by atoms with Gasteiger partial charge in [0.1, 0.15) is 16.8 Å². The number of halogens is 1. The maximum atomic E-state index is 14.2. The van der Waals surface area contributed by atoms with Crippen LogP contribution < -0.4 is 5.32 Å². The molecule has 0 saturated carbocycles. The number of nitrogens with zero attached hydrogens (tertiary/aromatic N) is 1. The molecule has 1 aliphatic rings. The summed E-state index contributed by atoms with van der Waals surface area (Å²) in [6, 6.07) is 23.0. The van der Waals surface area contributed by atoms with Crippen LogP contribution in [0, 0.1) is 5.82 Å². The highest BCUT2D eigenvalue weighted by Crippen LogP contribution is 2.29. The lowest BCUT2D eigenvalue weighted by atomic mass is 9.98. The number of amides is 1. The quantitative estimate of drug-likeness (QED) is 0.635. The molecule has 1 aliphatic heterocycles. The lowest BCUT2D eigenvalue weighted by Crippen LogP contribution is -2.47. The van der Waals surface area contributed by atoms with Crippen LogP contribution in [0.15, 0.2) is 89.8 Å². The fourth-order valence-corrected chi connectivity index (χ4v) is 5.68. The molecule has 0 spiro atoms. The van der Waals surface area contributed by atoms with E-state index >= 15 is 0 Å². The number of hydrogen-bond donors (Lipinski definition) is 1. The van der Waals surface area contributed by atoms with E-state index in [1.165, 1.54) is 18.2 Å². The molecule has 160 valence electrons. The van der Waals surface area contributed by atoms with E-state index in [0.29, 0.717) is 12.8 Å². The first kappa shape index (κ1) is 21.2. The van der Waals surface area contributed by atoms with Crippen molar-refractivity contribution in [3.63, 3.8) is 0 Å². The van der Waals surface area contributed by atoms with Crippen LogP contribution in [-0.2, 0) is 14.8 Å². The number of benzene rings is 3. The van der Waals surface area contributed by atoms with Crippen molar-refractivity contribution in [1.82, 2.24) is 9.62 Å². The third-order valence-electron chi connectivity index (χ3n) is 5.48. The van der Waals surface area contributed by atoms with Crippen molar-refractivity contribution >= 4 is 15.9 Å². The highest BCUT2D eigenvalue weighted by atomic mass is 32.2. The standard InChI is InChI=1S/C24H23FN2O3S/c25-20-14-7-8-16-22(20)31(29,30)27-17-9-15-21(27)24(28)26-23(18-10-3-1-4-11-18)19-12-5-2-6-13-19/h1-8,10-14,16,21,23H,9,15,17H2,(H,26,28). The van der Waals surface area contributed by atoms with E-state index in [1.807, 2.05) is 60.7 Å². The zero-order valence-electron chi connectivity index (χ0n) is 16.8. The first-order chi connectivity index (χ1) is 15.0. The minimum absolute atomic E-state index is 0.177. The summed E-state index contributed by atoms with van der Waals surface area (Å²) in [4.78, 5) is 12.9. The summed E-state index contributed by atoms with van der Waals surface area (Å²) in [6.07, 6.45) is 0.920. The minimum atomic E-state index is -4.13. The maximum Gasteiger partial charge on any atom is 0.246 e. The monoisotopic (exact) mass is 438 g/mol. The molecular weight excluding hydrogens is 415 g/mol. The molecule has 0 radical (unpaired) electrons. The molecule has 31 heavy (non-hydrogen) atoms. The van der Waals surface area contributed by atoms with Gasteiger partial charge in [-0.3, -0.25) is 4.79 Å². The average molecular weight is 439 g/mol. The Morgan fingerprint density at radius 2 is 1.45 bits per heavy atom. The summed E-state index contributed by atoms with van der Waals surface area (Å²) < 4.78 is 41.5. The normalized spacial score (nSPS) is 17.0. The first-order valence-electron chi connectivity index (χ1n) is 10.1. The van der Waals surface area contributed by atoms with Crippen LogP contribution in [0.4, 0.5) is 4.39 Å². The van der Waals surface area contributed by atoms with Gasteiger partial charge >= 0.3 is 0 Å². The predicted octanol–water partition coefficient (Wildman–Crippen LogP) is 3.88. The second kappa shape index (κ2) is 8.99. The lowest BCUT2D eigenvalue weighted by Gasteiger charge is -2.27. The van der Waals surface area contributed by atoms with Crippen molar-refractivity contribution in [2.24, 2.45) is 0 Å². The van der Waals surface area contributed by atoms with E-state index < -0.39 is 38.7 Å². The average Bonchev–Trinajstić information content (AvgIpc) is 3.30. The van der Waals surface area contributed by atoms with Crippen molar-refractivity contribution < 1.29 is 17.6 Å². The molecule has 5 nitrogen and oxygen atoms in total. The van der Waals surface area contributed by atoms with E-state index in [2.05, 4.69) is 5.32 Å². The Hall–Kier alpha value is -3.03. The van der Waals surface area contributed by atoms with Crippen LogP contribution >= 0.6 is 0 Å².